The molecule has 3 aliphatic rings. The van der Waals surface area contributed by atoms with Crippen LogP contribution in [0.3, 0.4) is 0 Å². The minimum absolute atomic E-state index is 0.0798. The number of carboxylic acid groups (broad SMARTS) is 1. The molecule has 188 valence electrons. The number of ether oxygens (including phenoxy) is 1. The average Bonchev–Trinajstić information content (AvgIpc) is 3.47. The number of rotatable bonds is 6. The molecular formula is C26H24F3N3O4. The molecule has 3 atom stereocenters. The van der Waals surface area contributed by atoms with Crippen LogP contribution in [0.15, 0.2) is 40.9 Å². The zero-order chi connectivity index (χ0) is 25.0. The van der Waals surface area contributed by atoms with E-state index in [4.69, 9.17) is 4.52 Å². The summed E-state index contributed by atoms with van der Waals surface area (Å²) in [5, 5.41) is 16.8. The van der Waals surface area contributed by atoms with E-state index in [-0.39, 0.29) is 41.9 Å². The number of alkyl halides is 3. The van der Waals surface area contributed by atoms with E-state index < -0.39 is 12.3 Å². The van der Waals surface area contributed by atoms with Crippen LogP contribution in [0.5, 0.6) is 5.75 Å². The zero-order valence-electron chi connectivity index (χ0n) is 19.2. The molecule has 36 heavy (non-hydrogen) atoms. The third-order valence-corrected chi connectivity index (χ3v) is 7.67. The van der Waals surface area contributed by atoms with Crippen molar-refractivity contribution in [3.05, 3.63) is 47.5 Å². The number of nitrogens with one attached hydrogen (secondary N) is 1. The molecule has 0 spiro atoms. The second-order valence-corrected chi connectivity index (χ2v) is 9.90. The Bertz CT molecular complexity index is 1320. The van der Waals surface area contributed by atoms with Gasteiger partial charge in [0.15, 0.2) is 0 Å². The summed E-state index contributed by atoms with van der Waals surface area (Å²) in [6.07, 6.45) is -0.0189. The van der Waals surface area contributed by atoms with Crippen LogP contribution in [0.25, 0.3) is 22.8 Å². The molecule has 0 radical (unpaired) electrons. The Balaban J connectivity index is 1.28. The van der Waals surface area contributed by atoms with E-state index >= 15 is 0 Å². The van der Waals surface area contributed by atoms with E-state index in [1.54, 1.807) is 6.07 Å². The molecule has 0 bridgehead atoms. The molecule has 2 saturated carbocycles. The van der Waals surface area contributed by atoms with Crippen molar-refractivity contribution in [2.24, 2.45) is 5.92 Å². The second-order valence-electron chi connectivity index (χ2n) is 9.90. The van der Waals surface area contributed by atoms with Crippen LogP contribution in [-0.2, 0) is 4.79 Å². The number of halogens is 3. The van der Waals surface area contributed by atoms with Gasteiger partial charge in [0.05, 0.1) is 6.42 Å². The standard InChI is InChI=1S/C26H24F3N3O4/c27-26(28,29)35-18-9-16(13-2-1-3-13)8-17(10-18)25-31-24(32-36-25)15-5-7-21-20(11-15)19-6-4-14(12-22(33)34)23(19)30-21/h5,7-11,13-14,19,23,30H,1-4,6,12H2,(H,33,34). The van der Waals surface area contributed by atoms with Crippen LogP contribution >= 0.6 is 0 Å². The van der Waals surface area contributed by atoms with Gasteiger partial charge in [-0.1, -0.05) is 11.6 Å². The molecule has 1 aromatic heterocycles. The van der Waals surface area contributed by atoms with Gasteiger partial charge < -0.3 is 19.7 Å². The van der Waals surface area contributed by atoms with Gasteiger partial charge in [0.2, 0.25) is 5.82 Å². The van der Waals surface area contributed by atoms with E-state index in [9.17, 15) is 23.1 Å². The molecule has 7 nitrogen and oxygen atoms in total. The third-order valence-electron chi connectivity index (χ3n) is 7.67. The van der Waals surface area contributed by atoms with Gasteiger partial charge in [-0.25, -0.2) is 0 Å². The summed E-state index contributed by atoms with van der Waals surface area (Å²) in [5.41, 5.74) is 3.96. The number of carbonyl (C=O) groups is 1. The lowest BCUT2D eigenvalue weighted by Crippen LogP contribution is -2.25. The molecule has 2 aliphatic carbocycles. The maximum atomic E-state index is 12.9. The first-order chi connectivity index (χ1) is 17.2. The highest BCUT2D eigenvalue weighted by Crippen LogP contribution is 2.49. The summed E-state index contributed by atoms with van der Waals surface area (Å²) in [7, 11) is 0. The van der Waals surface area contributed by atoms with Crippen molar-refractivity contribution in [2.75, 3.05) is 5.32 Å². The highest BCUT2D eigenvalue weighted by Gasteiger charge is 2.43. The van der Waals surface area contributed by atoms with Crippen molar-refractivity contribution in [1.29, 1.82) is 0 Å². The Labute approximate surface area is 204 Å². The summed E-state index contributed by atoms with van der Waals surface area (Å²) in [6, 6.07) is 10.4. The highest BCUT2D eigenvalue weighted by atomic mass is 19.4. The number of nitrogens with zero attached hydrogens (tertiary/aromatic N) is 2. The molecular weight excluding hydrogens is 475 g/mol. The fourth-order valence-electron chi connectivity index (χ4n) is 5.79. The number of carboxylic acids is 1. The van der Waals surface area contributed by atoms with Crippen molar-refractivity contribution in [2.45, 2.75) is 62.8 Å². The van der Waals surface area contributed by atoms with Gasteiger partial charge >= 0.3 is 12.3 Å². The molecule has 0 saturated heterocycles. The van der Waals surface area contributed by atoms with Crippen molar-refractivity contribution in [3.63, 3.8) is 0 Å². The van der Waals surface area contributed by atoms with Crippen molar-refractivity contribution in [3.8, 4) is 28.6 Å². The molecule has 2 N–H and O–H groups in total. The fourth-order valence-corrected chi connectivity index (χ4v) is 5.79. The first-order valence-corrected chi connectivity index (χ1v) is 12.1. The van der Waals surface area contributed by atoms with Crippen LogP contribution in [0.1, 0.15) is 61.5 Å². The number of anilines is 1. The number of fused-ring (bicyclic) bond motifs is 3. The van der Waals surface area contributed by atoms with Crippen LogP contribution in [0.2, 0.25) is 0 Å². The van der Waals surface area contributed by atoms with Crippen LogP contribution < -0.4 is 10.1 Å². The molecule has 0 amide bonds. The number of aromatic nitrogens is 2. The molecule has 6 rings (SSSR count). The molecule has 1 aliphatic heterocycles. The van der Waals surface area contributed by atoms with Gasteiger partial charge in [0.25, 0.3) is 5.89 Å². The predicted molar refractivity (Wildman–Crippen MR) is 124 cm³/mol. The maximum Gasteiger partial charge on any atom is 0.573 e. The highest BCUT2D eigenvalue weighted by molar-refractivity contribution is 5.71. The Kier molecular flexibility index (Phi) is 5.42. The zero-order valence-corrected chi connectivity index (χ0v) is 19.2. The lowest BCUT2D eigenvalue weighted by molar-refractivity contribution is -0.274. The molecule has 2 aromatic carbocycles. The smallest absolute Gasteiger partial charge is 0.481 e. The monoisotopic (exact) mass is 499 g/mol. The van der Waals surface area contributed by atoms with Gasteiger partial charge in [-0.3, -0.25) is 4.79 Å². The summed E-state index contributed by atoms with van der Waals surface area (Å²) >= 11 is 0. The average molecular weight is 499 g/mol. The van der Waals surface area contributed by atoms with Crippen molar-refractivity contribution < 1.29 is 32.3 Å². The molecule has 2 fully saturated rings. The fraction of sp³-hybridized carbons (Fsp3) is 0.423. The number of aliphatic carboxylic acids is 1. The quantitative estimate of drug-likeness (QED) is 0.409. The van der Waals surface area contributed by atoms with Crippen molar-refractivity contribution >= 4 is 11.7 Å². The molecule has 2 heterocycles. The first-order valence-electron chi connectivity index (χ1n) is 12.1. The Morgan fingerprint density at radius 3 is 2.67 bits per heavy atom. The lowest BCUT2D eigenvalue weighted by atomic mass is 9.79. The molecule has 3 aromatic rings. The van der Waals surface area contributed by atoms with Gasteiger partial charge in [0, 0.05) is 28.8 Å². The Morgan fingerprint density at radius 1 is 1.11 bits per heavy atom. The van der Waals surface area contributed by atoms with Gasteiger partial charge in [0.1, 0.15) is 5.75 Å². The van der Waals surface area contributed by atoms with E-state index in [1.165, 1.54) is 12.1 Å². The molecule has 3 unspecified atom stereocenters. The SMILES string of the molecule is O=C(O)CC1CCC2c3cc(-c4noc(-c5cc(OC(F)(F)F)cc(C6CCC6)c5)n4)ccc3NC12. The topological polar surface area (TPSA) is 97.5 Å². The van der Waals surface area contributed by atoms with Gasteiger partial charge in [-0.05, 0) is 85.0 Å². The van der Waals surface area contributed by atoms with E-state index in [1.807, 2.05) is 18.2 Å². The number of hydrogen-bond acceptors (Lipinski definition) is 6. The summed E-state index contributed by atoms with van der Waals surface area (Å²) in [4.78, 5) is 15.7. The summed E-state index contributed by atoms with van der Waals surface area (Å²) < 4.78 is 48.4. The third kappa shape index (κ3) is 4.29. The Hall–Kier alpha value is -3.56. The normalized spacial score (nSPS) is 23.0. The van der Waals surface area contributed by atoms with Crippen LogP contribution in [0, 0.1) is 5.92 Å². The Morgan fingerprint density at radius 2 is 1.94 bits per heavy atom. The van der Waals surface area contributed by atoms with Crippen LogP contribution in [0.4, 0.5) is 18.9 Å². The largest absolute Gasteiger partial charge is 0.573 e. The van der Waals surface area contributed by atoms with E-state index in [0.29, 0.717) is 11.4 Å². The van der Waals surface area contributed by atoms with Crippen LogP contribution in [-0.4, -0.2) is 33.6 Å². The predicted octanol–water partition coefficient (Wildman–Crippen LogP) is 6.33. The minimum atomic E-state index is -4.80. The molecule has 10 heteroatoms. The van der Waals surface area contributed by atoms with Gasteiger partial charge in [-0.2, -0.15) is 4.98 Å². The van der Waals surface area contributed by atoms with E-state index in [2.05, 4.69) is 20.2 Å². The minimum Gasteiger partial charge on any atom is -0.481 e. The van der Waals surface area contributed by atoms with E-state index in [0.717, 1.165) is 54.5 Å². The first kappa shape index (κ1) is 22.9. The van der Waals surface area contributed by atoms with Gasteiger partial charge in [-0.15, -0.1) is 13.2 Å². The lowest BCUT2D eigenvalue weighted by Gasteiger charge is -2.26. The van der Waals surface area contributed by atoms with Crippen molar-refractivity contribution in [1.82, 2.24) is 10.1 Å². The second kappa shape index (κ2) is 8.53. The summed E-state index contributed by atoms with van der Waals surface area (Å²) in [6.45, 7) is 0. The summed E-state index contributed by atoms with van der Waals surface area (Å²) in [5.74, 6) is -0.137. The number of benzene rings is 2. The number of hydrogen-bond donors (Lipinski definition) is 2. The maximum absolute atomic E-state index is 12.9.